The first-order valence-corrected chi connectivity index (χ1v) is 11.5. The van der Waals surface area contributed by atoms with Crippen LogP contribution in [0.25, 0.3) is 16.8 Å². The molecule has 0 saturated carbocycles. The molecule has 6 heteroatoms. The minimum absolute atomic E-state index is 0.237. The van der Waals surface area contributed by atoms with Gasteiger partial charge in [-0.05, 0) is 71.3 Å². The number of thioether (sulfide) groups is 1. The van der Waals surface area contributed by atoms with Crippen molar-refractivity contribution in [2.75, 3.05) is 13.7 Å². The van der Waals surface area contributed by atoms with E-state index >= 15 is 0 Å². The van der Waals surface area contributed by atoms with Crippen molar-refractivity contribution in [2.45, 2.75) is 19.9 Å². The number of benzene rings is 3. The van der Waals surface area contributed by atoms with Crippen molar-refractivity contribution < 1.29 is 19.1 Å². The van der Waals surface area contributed by atoms with E-state index in [0.717, 1.165) is 39.2 Å². The Morgan fingerprint density at radius 3 is 2.58 bits per heavy atom. The Bertz CT molecular complexity index is 1260. The van der Waals surface area contributed by atoms with E-state index in [4.69, 9.17) is 9.47 Å². The largest absolute Gasteiger partial charge is 0.493 e. The van der Waals surface area contributed by atoms with Gasteiger partial charge in [-0.3, -0.25) is 14.5 Å². The molecule has 1 heterocycles. The maximum Gasteiger partial charge on any atom is 0.293 e. The van der Waals surface area contributed by atoms with Crippen LogP contribution in [0.5, 0.6) is 11.5 Å². The lowest BCUT2D eigenvalue weighted by Gasteiger charge is -2.15. The van der Waals surface area contributed by atoms with Crippen LogP contribution in [0.4, 0.5) is 4.79 Å². The number of ether oxygens (including phenoxy) is 2. The molecular weight excluding hydrogens is 434 g/mol. The smallest absolute Gasteiger partial charge is 0.293 e. The summed E-state index contributed by atoms with van der Waals surface area (Å²) in [5.74, 6) is 0.955. The molecule has 3 aromatic carbocycles. The summed E-state index contributed by atoms with van der Waals surface area (Å²) in [6.45, 7) is 6.43. The molecule has 0 atom stereocenters. The first kappa shape index (κ1) is 22.7. The molecule has 33 heavy (non-hydrogen) atoms. The van der Waals surface area contributed by atoms with Gasteiger partial charge < -0.3 is 9.47 Å². The van der Waals surface area contributed by atoms with Crippen molar-refractivity contribution in [3.05, 3.63) is 88.8 Å². The van der Waals surface area contributed by atoms with E-state index in [0.29, 0.717) is 29.4 Å². The summed E-state index contributed by atoms with van der Waals surface area (Å²) in [6, 6.07) is 17.7. The molecule has 1 fully saturated rings. The quantitative estimate of drug-likeness (QED) is 0.296. The van der Waals surface area contributed by atoms with Gasteiger partial charge in [0.25, 0.3) is 11.1 Å². The van der Waals surface area contributed by atoms with Crippen LogP contribution in [-0.2, 0) is 17.8 Å². The molecule has 168 valence electrons. The summed E-state index contributed by atoms with van der Waals surface area (Å²) in [4.78, 5) is 27.4. The fourth-order valence-electron chi connectivity index (χ4n) is 3.88. The molecule has 0 aromatic heterocycles. The molecular formula is C27H25NO4S. The Kier molecular flexibility index (Phi) is 6.84. The number of carbonyl (C=O) groups is 2. The van der Waals surface area contributed by atoms with E-state index in [-0.39, 0.29) is 17.7 Å². The highest BCUT2D eigenvalue weighted by Gasteiger charge is 2.35. The maximum absolute atomic E-state index is 13.1. The average Bonchev–Trinajstić information content (AvgIpc) is 3.07. The van der Waals surface area contributed by atoms with Gasteiger partial charge in [-0.2, -0.15) is 0 Å². The molecule has 1 saturated heterocycles. The van der Waals surface area contributed by atoms with Gasteiger partial charge in [0.1, 0.15) is 0 Å². The van der Waals surface area contributed by atoms with Gasteiger partial charge >= 0.3 is 0 Å². The van der Waals surface area contributed by atoms with E-state index in [9.17, 15) is 9.59 Å². The van der Waals surface area contributed by atoms with Crippen molar-refractivity contribution >= 4 is 39.8 Å². The standard InChI is InChI=1S/C27H25NO4S/c1-4-8-22-14-19(15-23(32-5-2)25(22)31-3)16-24-26(29)28(27(30)33-24)17-18-11-12-20-9-6-7-10-21(20)13-18/h4,6-7,9-16H,1,5,8,17H2,2-3H3/b24-16-. The van der Waals surface area contributed by atoms with E-state index in [1.54, 1.807) is 19.3 Å². The third-order valence-corrected chi connectivity index (χ3v) is 6.26. The predicted octanol–water partition coefficient (Wildman–Crippen LogP) is 6.21. The molecule has 0 bridgehead atoms. The number of imide groups is 1. The highest BCUT2D eigenvalue weighted by Crippen LogP contribution is 2.37. The molecule has 0 N–H and O–H groups in total. The van der Waals surface area contributed by atoms with Crippen molar-refractivity contribution in [3.63, 3.8) is 0 Å². The SMILES string of the molecule is C=CCc1cc(/C=C2\SC(=O)N(Cc3ccc4ccccc4c3)C2=O)cc(OCC)c1OC. The van der Waals surface area contributed by atoms with Crippen LogP contribution in [0.2, 0.25) is 0 Å². The van der Waals surface area contributed by atoms with Crippen molar-refractivity contribution in [3.8, 4) is 11.5 Å². The lowest BCUT2D eigenvalue weighted by atomic mass is 10.0. The summed E-state index contributed by atoms with van der Waals surface area (Å²) in [7, 11) is 1.60. The second kappa shape index (κ2) is 9.96. The molecule has 1 aliphatic rings. The normalized spacial score (nSPS) is 14.8. The van der Waals surface area contributed by atoms with Crippen LogP contribution in [-0.4, -0.2) is 29.8 Å². The van der Waals surface area contributed by atoms with E-state index in [2.05, 4.69) is 6.58 Å². The van der Waals surface area contributed by atoms with Gasteiger partial charge in [0.2, 0.25) is 0 Å². The molecule has 0 radical (unpaired) electrons. The maximum atomic E-state index is 13.1. The molecule has 0 unspecified atom stereocenters. The third-order valence-electron chi connectivity index (χ3n) is 5.35. The summed E-state index contributed by atoms with van der Waals surface area (Å²) in [5, 5.41) is 1.92. The first-order valence-electron chi connectivity index (χ1n) is 10.7. The highest BCUT2D eigenvalue weighted by molar-refractivity contribution is 8.18. The Hall–Kier alpha value is -3.51. The van der Waals surface area contributed by atoms with Crippen LogP contribution < -0.4 is 9.47 Å². The topological polar surface area (TPSA) is 55.8 Å². The van der Waals surface area contributed by atoms with Crippen LogP contribution >= 0.6 is 11.8 Å². The second-order valence-electron chi connectivity index (χ2n) is 7.59. The van der Waals surface area contributed by atoms with Crippen molar-refractivity contribution in [1.29, 1.82) is 0 Å². The Morgan fingerprint density at radius 2 is 1.85 bits per heavy atom. The molecule has 1 aliphatic heterocycles. The van der Waals surface area contributed by atoms with Gasteiger partial charge in [0.15, 0.2) is 11.5 Å². The number of allylic oxidation sites excluding steroid dienone is 1. The van der Waals surface area contributed by atoms with Gasteiger partial charge in [-0.15, -0.1) is 6.58 Å². The van der Waals surface area contributed by atoms with Crippen molar-refractivity contribution in [2.24, 2.45) is 0 Å². The third kappa shape index (κ3) is 4.81. The molecule has 4 rings (SSSR count). The number of hydrogen-bond donors (Lipinski definition) is 0. The number of fused-ring (bicyclic) bond motifs is 1. The molecule has 0 spiro atoms. The monoisotopic (exact) mass is 459 g/mol. The lowest BCUT2D eigenvalue weighted by molar-refractivity contribution is -0.123. The summed E-state index contributed by atoms with van der Waals surface area (Å²) >= 11 is 0.954. The summed E-state index contributed by atoms with van der Waals surface area (Å²) in [6.07, 6.45) is 4.11. The zero-order chi connectivity index (χ0) is 23.4. The van der Waals surface area contributed by atoms with Crippen LogP contribution in [0.15, 0.2) is 72.2 Å². The van der Waals surface area contributed by atoms with Gasteiger partial charge in [-0.1, -0.05) is 42.5 Å². The molecule has 5 nitrogen and oxygen atoms in total. The Labute approximate surface area is 197 Å². The Morgan fingerprint density at radius 1 is 1.06 bits per heavy atom. The number of nitrogens with zero attached hydrogens (tertiary/aromatic N) is 1. The Balaban J connectivity index is 1.62. The zero-order valence-corrected chi connectivity index (χ0v) is 19.5. The number of carbonyl (C=O) groups excluding carboxylic acids is 2. The molecule has 2 amide bonds. The van der Waals surface area contributed by atoms with E-state index < -0.39 is 0 Å². The van der Waals surface area contributed by atoms with E-state index in [1.807, 2.05) is 61.5 Å². The fourth-order valence-corrected chi connectivity index (χ4v) is 4.71. The summed E-state index contributed by atoms with van der Waals surface area (Å²) < 4.78 is 11.3. The number of methoxy groups -OCH3 is 1. The van der Waals surface area contributed by atoms with Gasteiger partial charge in [0, 0.05) is 5.56 Å². The minimum atomic E-state index is -0.294. The fraction of sp³-hybridized carbons (Fsp3) is 0.185. The second-order valence-corrected chi connectivity index (χ2v) is 8.58. The predicted molar refractivity (Wildman–Crippen MR) is 134 cm³/mol. The van der Waals surface area contributed by atoms with Crippen LogP contribution in [0.3, 0.4) is 0 Å². The number of hydrogen-bond acceptors (Lipinski definition) is 5. The molecule has 0 aliphatic carbocycles. The lowest BCUT2D eigenvalue weighted by Crippen LogP contribution is -2.27. The van der Waals surface area contributed by atoms with Crippen LogP contribution in [0, 0.1) is 0 Å². The average molecular weight is 460 g/mol. The van der Waals surface area contributed by atoms with Gasteiger partial charge in [-0.25, -0.2) is 0 Å². The summed E-state index contributed by atoms with van der Waals surface area (Å²) in [5.41, 5.74) is 2.58. The first-order chi connectivity index (χ1) is 16.0. The highest BCUT2D eigenvalue weighted by atomic mass is 32.2. The van der Waals surface area contributed by atoms with Crippen LogP contribution in [0.1, 0.15) is 23.6 Å². The van der Waals surface area contributed by atoms with Gasteiger partial charge in [0.05, 0.1) is 25.2 Å². The zero-order valence-electron chi connectivity index (χ0n) is 18.7. The van der Waals surface area contributed by atoms with E-state index in [1.165, 1.54) is 4.90 Å². The van der Waals surface area contributed by atoms with Crippen molar-refractivity contribution in [1.82, 2.24) is 4.90 Å². The molecule has 3 aromatic rings. The minimum Gasteiger partial charge on any atom is -0.493 e. The number of rotatable bonds is 8. The number of amides is 2.